The Kier molecular flexibility index (Phi) is 5.30. The Hall–Kier alpha value is -2.47. The zero-order chi connectivity index (χ0) is 20.6. The molecule has 0 aliphatic carbocycles. The maximum absolute atomic E-state index is 14.7. The molecule has 3 heterocycles. The lowest BCUT2D eigenvalue weighted by Crippen LogP contribution is -2.47. The van der Waals surface area contributed by atoms with Crippen LogP contribution in [0.3, 0.4) is 0 Å². The molecule has 0 unspecified atom stereocenters. The zero-order valence-electron chi connectivity index (χ0n) is 17.3. The zero-order valence-corrected chi connectivity index (χ0v) is 17.3. The Bertz CT molecular complexity index is 932. The molecule has 0 bridgehead atoms. The number of aromatic nitrogens is 1. The van der Waals surface area contributed by atoms with Gasteiger partial charge in [-0.15, -0.1) is 0 Å². The van der Waals surface area contributed by atoms with E-state index in [1.165, 1.54) is 6.07 Å². The second-order valence-electron chi connectivity index (χ2n) is 7.99. The molecule has 5 nitrogen and oxygen atoms in total. The van der Waals surface area contributed by atoms with E-state index >= 15 is 0 Å². The summed E-state index contributed by atoms with van der Waals surface area (Å²) in [6.45, 7) is 5.26. The molecule has 2 saturated heterocycles. The Morgan fingerprint density at radius 1 is 1.28 bits per heavy atom. The van der Waals surface area contributed by atoms with E-state index in [9.17, 15) is 9.18 Å². The molecule has 2 aliphatic rings. The van der Waals surface area contributed by atoms with E-state index in [-0.39, 0.29) is 17.8 Å². The van der Waals surface area contributed by atoms with Gasteiger partial charge >= 0.3 is 0 Å². The van der Waals surface area contributed by atoms with Gasteiger partial charge in [-0.2, -0.15) is 0 Å². The largest absolute Gasteiger partial charge is 0.494 e. The second-order valence-corrected chi connectivity index (χ2v) is 7.99. The number of rotatable bonds is 5. The van der Waals surface area contributed by atoms with Crippen LogP contribution in [0.5, 0.6) is 5.75 Å². The summed E-state index contributed by atoms with van der Waals surface area (Å²) in [5.74, 6) is 0.548. The van der Waals surface area contributed by atoms with Gasteiger partial charge in [0.2, 0.25) is 5.91 Å². The number of benzene rings is 1. The van der Waals surface area contributed by atoms with Crippen molar-refractivity contribution in [3.8, 4) is 16.9 Å². The molecule has 29 heavy (non-hydrogen) atoms. The number of halogens is 1. The molecule has 154 valence electrons. The molecule has 2 atom stereocenters. The maximum Gasteiger partial charge on any atom is 0.242 e. The van der Waals surface area contributed by atoms with E-state index < -0.39 is 5.54 Å². The third kappa shape index (κ3) is 3.50. The first-order chi connectivity index (χ1) is 14.0. The Labute approximate surface area is 171 Å². The van der Waals surface area contributed by atoms with Crippen molar-refractivity contribution in [2.75, 3.05) is 20.2 Å². The predicted molar refractivity (Wildman–Crippen MR) is 110 cm³/mol. The van der Waals surface area contributed by atoms with Crippen LogP contribution in [0.4, 0.5) is 4.39 Å². The highest BCUT2D eigenvalue weighted by atomic mass is 19.1. The molecule has 6 heteroatoms. The van der Waals surface area contributed by atoms with Gasteiger partial charge in [-0.05, 0) is 68.0 Å². The topological polar surface area (TPSA) is 54.5 Å². The van der Waals surface area contributed by atoms with Gasteiger partial charge in [-0.3, -0.25) is 15.1 Å². The van der Waals surface area contributed by atoms with Crippen molar-refractivity contribution in [2.45, 2.75) is 51.1 Å². The van der Waals surface area contributed by atoms with Crippen LogP contribution < -0.4 is 10.1 Å². The summed E-state index contributed by atoms with van der Waals surface area (Å²) in [5.41, 5.74) is 2.75. The first kappa shape index (κ1) is 19.8. The first-order valence-electron chi connectivity index (χ1n) is 10.4. The number of likely N-dealkylation sites (tertiary alicyclic amines) is 1. The molecule has 1 aromatic carbocycles. The molecule has 4 rings (SSSR count). The number of hydrogen-bond donors (Lipinski definition) is 1. The van der Waals surface area contributed by atoms with Crippen molar-refractivity contribution in [3.63, 3.8) is 0 Å². The molecule has 0 radical (unpaired) electrons. The van der Waals surface area contributed by atoms with Crippen molar-refractivity contribution < 1.29 is 13.9 Å². The molecule has 2 aromatic rings. The number of amides is 1. The van der Waals surface area contributed by atoms with Crippen LogP contribution in [0, 0.1) is 5.82 Å². The van der Waals surface area contributed by atoms with Crippen molar-refractivity contribution in [2.24, 2.45) is 0 Å². The van der Waals surface area contributed by atoms with Crippen LogP contribution in [0.15, 0.2) is 30.5 Å². The van der Waals surface area contributed by atoms with Gasteiger partial charge < -0.3 is 9.64 Å². The minimum atomic E-state index is -0.467. The van der Waals surface area contributed by atoms with Gasteiger partial charge in [-0.25, -0.2) is 4.39 Å². The number of carbonyl (C=O) groups excluding carboxylic acids is 1. The van der Waals surface area contributed by atoms with Crippen LogP contribution in [0.2, 0.25) is 0 Å². The number of hydrogen-bond acceptors (Lipinski definition) is 4. The summed E-state index contributed by atoms with van der Waals surface area (Å²) in [6.07, 6.45) is 5.07. The molecule has 1 spiro atoms. The predicted octanol–water partition coefficient (Wildman–Crippen LogP) is 3.87. The summed E-state index contributed by atoms with van der Waals surface area (Å²) >= 11 is 0. The molecular weight excluding hydrogens is 369 g/mol. The summed E-state index contributed by atoms with van der Waals surface area (Å²) in [5, 5.41) is 3.55. The average molecular weight is 397 g/mol. The minimum absolute atomic E-state index is 0.00626. The molecule has 2 aliphatic heterocycles. The maximum atomic E-state index is 14.7. The van der Waals surface area contributed by atoms with Gasteiger partial charge in [0.15, 0.2) is 0 Å². The van der Waals surface area contributed by atoms with Crippen molar-refractivity contribution >= 4 is 5.91 Å². The fraction of sp³-hybridized carbons (Fsp3) is 0.478. The fourth-order valence-electron chi connectivity index (χ4n) is 4.58. The third-order valence-electron chi connectivity index (χ3n) is 6.22. The summed E-state index contributed by atoms with van der Waals surface area (Å²) in [4.78, 5) is 19.1. The van der Waals surface area contributed by atoms with Crippen LogP contribution in [0.1, 0.15) is 50.4 Å². The van der Waals surface area contributed by atoms with Gasteiger partial charge in [-0.1, -0.05) is 6.92 Å². The number of likely N-dealkylation sites (N-methyl/N-ethyl adjacent to an activating group) is 1. The van der Waals surface area contributed by atoms with E-state index in [0.717, 1.165) is 49.0 Å². The lowest BCUT2D eigenvalue weighted by Gasteiger charge is -2.23. The van der Waals surface area contributed by atoms with Crippen LogP contribution >= 0.6 is 0 Å². The summed E-state index contributed by atoms with van der Waals surface area (Å²) in [6, 6.07) is 6.84. The lowest BCUT2D eigenvalue weighted by molar-refractivity contribution is -0.131. The summed E-state index contributed by atoms with van der Waals surface area (Å²) in [7, 11) is 1.85. The molecular formula is C23H28FN3O2. The first-order valence-corrected chi connectivity index (χ1v) is 10.4. The van der Waals surface area contributed by atoms with Crippen molar-refractivity contribution in [3.05, 3.63) is 47.5 Å². The highest BCUT2D eigenvalue weighted by molar-refractivity contribution is 5.88. The summed E-state index contributed by atoms with van der Waals surface area (Å²) < 4.78 is 20.3. The highest BCUT2D eigenvalue weighted by Gasteiger charge is 2.50. The smallest absolute Gasteiger partial charge is 0.242 e. The van der Waals surface area contributed by atoms with E-state index in [1.807, 2.05) is 33.2 Å². The van der Waals surface area contributed by atoms with Gasteiger partial charge in [0, 0.05) is 25.4 Å². The SMILES string of the molecule is CCOc1ccc(F)c(-c2cc([C@H]3CC[C@@]4(CCN(C)C4=O)N3)ncc2CC)c1. The van der Waals surface area contributed by atoms with Gasteiger partial charge in [0.1, 0.15) is 17.1 Å². The third-order valence-corrected chi connectivity index (χ3v) is 6.22. The van der Waals surface area contributed by atoms with E-state index in [0.29, 0.717) is 17.9 Å². The molecule has 1 N–H and O–H groups in total. The lowest BCUT2D eigenvalue weighted by atomic mass is 9.95. The number of ether oxygens (including phenoxy) is 1. The van der Waals surface area contributed by atoms with E-state index in [1.54, 1.807) is 17.0 Å². The number of carbonyl (C=O) groups is 1. The number of aryl methyl sites for hydroxylation is 1. The minimum Gasteiger partial charge on any atom is -0.494 e. The van der Waals surface area contributed by atoms with Gasteiger partial charge in [0.25, 0.3) is 0 Å². The number of pyridine rings is 1. The monoisotopic (exact) mass is 397 g/mol. The Morgan fingerprint density at radius 3 is 2.79 bits per heavy atom. The Morgan fingerprint density at radius 2 is 2.10 bits per heavy atom. The number of nitrogens with one attached hydrogen (secondary N) is 1. The van der Waals surface area contributed by atoms with E-state index in [4.69, 9.17) is 4.74 Å². The van der Waals surface area contributed by atoms with Crippen molar-refractivity contribution in [1.82, 2.24) is 15.2 Å². The molecule has 1 amide bonds. The van der Waals surface area contributed by atoms with Gasteiger partial charge in [0.05, 0.1) is 18.3 Å². The quantitative estimate of drug-likeness (QED) is 0.832. The molecule has 0 saturated carbocycles. The highest BCUT2D eigenvalue weighted by Crippen LogP contribution is 2.40. The number of nitrogens with zero attached hydrogens (tertiary/aromatic N) is 2. The average Bonchev–Trinajstić information content (AvgIpc) is 3.29. The standard InChI is InChI=1S/C23H28FN3O2/c1-4-15-14-25-21(20-8-9-23(26-20)10-11-27(3)22(23)28)13-17(15)18-12-16(29-5-2)6-7-19(18)24/h6-7,12-14,20,26H,4-5,8-11H2,1-3H3/t20-,23+/m1/s1. The van der Waals surface area contributed by atoms with Crippen molar-refractivity contribution in [1.29, 1.82) is 0 Å². The Balaban J connectivity index is 1.68. The normalized spacial score (nSPS) is 23.9. The second kappa shape index (κ2) is 7.75. The van der Waals surface area contributed by atoms with Crippen LogP contribution in [-0.4, -0.2) is 41.5 Å². The van der Waals surface area contributed by atoms with E-state index in [2.05, 4.69) is 10.3 Å². The van der Waals surface area contributed by atoms with Crippen LogP contribution in [0.25, 0.3) is 11.1 Å². The fourth-order valence-corrected chi connectivity index (χ4v) is 4.58. The van der Waals surface area contributed by atoms with Crippen LogP contribution in [-0.2, 0) is 11.2 Å². The molecule has 1 aromatic heterocycles. The molecule has 2 fully saturated rings.